The third-order valence-corrected chi connectivity index (χ3v) is 4.09. The van der Waals surface area contributed by atoms with Crippen LogP contribution in [-0.2, 0) is 22.4 Å². The molecule has 1 aromatic heterocycles. The van der Waals surface area contributed by atoms with Crippen molar-refractivity contribution in [3.63, 3.8) is 0 Å². The van der Waals surface area contributed by atoms with Gasteiger partial charge < -0.3 is 9.26 Å². The molecule has 3 aromatic rings. The molecule has 0 aliphatic rings. The quantitative estimate of drug-likeness (QED) is 0.506. The second-order valence-corrected chi connectivity index (χ2v) is 5.85. The molecule has 0 aliphatic carbocycles. The lowest BCUT2D eigenvalue weighted by Gasteiger charge is -2.12. The molecular weight excluding hydrogens is 318 g/mol. The number of Topliss-reactive ketones (excluding diaryl/α,β-unsaturated/α-hetero) is 1. The molecule has 0 N–H and O–H groups in total. The highest BCUT2D eigenvalue weighted by Gasteiger charge is 2.21. The Kier molecular flexibility index (Phi) is 4.93. The van der Waals surface area contributed by atoms with E-state index < -0.39 is 12.1 Å². The predicted molar refractivity (Wildman–Crippen MR) is 93.4 cm³/mol. The van der Waals surface area contributed by atoms with E-state index in [4.69, 9.17) is 9.26 Å². The van der Waals surface area contributed by atoms with Gasteiger partial charge in [0.05, 0.1) is 6.42 Å². The van der Waals surface area contributed by atoms with Crippen molar-refractivity contribution in [3.8, 4) is 0 Å². The number of carbonyl (C=O) groups is 2. The van der Waals surface area contributed by atoms with Gasteiger partial charge in [-0.2, -0.15) is 0 Å². The number of hydrogen-bond donors (Lipinski definition) is 0. The minimum absolute atomic E-state index is 0.0383. The first-order valence-electron chi connectivity index (χ1n) is 8.24. The van der Waals surface area contributed by atoms with E-state index in [9.17, 15) is 9.59 Å². The molecule has 0 saturated heterocycles. The molecule has 25 heavy (non-hydrogen) atoms. The first kappa shape index (κ1) is 16.9. The fourth-order valence-corrected chi connectivity index (χ4v) is 2.63. The Morgan fingerprint density at radius 2 is 1.84 bits per heavy atom. The summed E-state index contributed by atoms with van der Waals surface area (Å²) >= 11 is 0. The summed E-state index contributed by atoms with van der Waals surface area (Å²) in [4.78, 5) is 24.5. The van der Waals surface area contributed by atoms with Crippen LogP contribution in [0.5, 0.6) is 0 Å². The molecule has 5 nitrogen and oxygen atoms in total. The third kappa shape index (κ3) is 3.76. The molecule has 3 rings (SSSR count). The maximum atomic E-state index is 12.4. The average molecular weight is 337 g/mol. The lowest BCUT2D eigenvalue weighted by atomic mass is 10.0. The van der Waals surface area contributed by atoms with Gasteiger partial charge in [-0.05, 0) is 31.0 Å². The Morgan fingerprint density at radius 3 is 2.56 bits per heavy atom. The predicted octanol–water partition coefficient (Wildman–Crippen LogP) is 3.75. The number of carbonyl (C=O) groups excluding carboxylic acids is 2. The number of ether oxygens (including phenoxy) is 1. The summed E-state index contributed by atoms with van der Waals surface area (Å²) in [5.41, 5.74) is 2.81. The van der Waals surface area contributed by atoms with Crippen LogP contribution in [0.1, 0.15) is 35.5 Å². The van der Waals surface area contributed by atoms with Crippen LogP contribution in [0.15, 0.2) is 53.1 Å². The molecule has 0 fully saturated rings. The molecule has 5 heteroatoms. The summed E-state index contributed by atoms with van der Waals surface area (Å²) in [6, 6.07) is 14.6. The maximum Gasteiger partial charge on any atom is 0.312 e. The highest BCUT2D eigenvalue weighted by molar-refractivity contribution is 6.00. The Hall–Kier alpha value is -2.95. The van der Waals surface area contributed by atoms with E-state index in [1.807, 2.05) is 30.3 Å². The Balaban J connectivity index is 1.64. The van der Waals surface area contributed by atoms with Crippen molar-refractivity contribution < 1.29 is 18.8 Å². The standard InChI is InChI=1S/C20H19NO4/c1-3-14-8-10-15(11-9-14)20(23)13(2)24-19(22)12-17-16-6-4-5-7-18(16)25-21-17/h4-11,13H,3,12H2,1-2H3/t13-/m0/s1. The second kappa shape index (κ2) is 7.30. The fraction of sp³-hybridized carbons (Fsp3) is 0.250. The van der Waals surface area contributed by atoms with Crippen LogP contribution in [-0.4, -0.2) is 23.0 Å². The summed E-state index contributed by atoms with van der Waals surface area (Å²) in [5.74, 6) is -0.730. The van der Waals surface area contributed by atoms with Crippen molar-refractivity contribution in [2.45, 2.75) is 32.8 Å². The van der Waals surface area contributed by atoms with Crippen LogP contribution in [0.3, 0.4) is 0 Å². The van der Waals surface area contributed by atoms with E-state index in [2.05, 4.69) is 12.1 Å². The van der Waals surface area contributed by atoms with Gasteiger partial charge in [-0.25, -0.2) is 0 Å². The minimum Gasteiger partial charge on any atom is -0.454 e. The topological polar surface area (TPSA) is 69.4 Å². The number of esters is 1. The largest absolute Gasteiger partial charge is 0.454 e. The summed E-state index contributed by atoms with van der Waals surface area (Å²) < 4.78 is 10.4. The summed E-state index contributed by atoms with van der Waals surface area (Å²) in [5, 5.41) is 4.68. The monoisotopic (exact) mass is 337 g/mol. The Labute approximate surface area is 145 Å². The van der Waals surface area contributed by atoms with Crippen LogP contribution < -0.4 is 0 Å². The smallest absolute Gasteiger partial charge is 0.312 e. The SMILES string of the molecule is CCc1ccc(C(=O)[C@H](C)OC(=O)Cc2noc3ccccc23)cc1. The molecule has 0 unspecified atom stereocenters. The van der Waals surface area contributed by atoms with Crippen molar-refractivity contribution >= 4 is 22.7 Å². The number of benzene rings is 2. The minimum atomic E-state index is -0.849. The first-order valence-corrected chi connectivity index (χ1v) is 8.24. The molecule has 0 bridgehead atoms. The number of para-hydroxylation sites is 1. The molecule has 1 heterocycles. The number of aromatic nitrogens is 1. The van der Waals surface area contributed by atoms with E-state index in [0.717, 1.165) is 17.4 Å². The number of hydrogen-bond acceptors (Lipinski definition) is 5. The van der Waals surface area contributed by atoms with Gasteiger partial charge in [-0.15, -0.1) is 0 Å². The van der Waals surface area contributed by atoms with Gasteiger partial charge in [0.15, 0.2) is 11.7 Å². The highest BCUT2D eigenvalue weighted by Crippen LogP contribution is 2.19. The van der Waals surface area contributed by atoms with Gasteiger partial charge in [-0.1, -0.05) is 48.5 Å². The van der Waals surface area contributed by atoms with Crippen molar-refractivity contribution in [1.29, 1.82) is 0 Å². The molecule has 0 aliphatic heterocycles. The zero-order chi connectivity index (χ0) is 17.8. The lowest BCUT2D eigenvalue weighted by Crippen LogP contribution is -2.25. The summed E-state index contributed by atoms with van der Waals surface area (Å²) in [6.45, 7) is 3.63. The average Bonchev–Trinajstić information content (AvgIpc) is 3.04. The van der Waals surface area contributed by atoms with Gasteiger partial charge >= 0.3 is 5.97 Å². The van der Waals surface area contributed by atoms with Crippen molar-refractivity contribution in [1.82, 2.24) is 5.16 Å². The van der Waals surface area contributed by atoms with Gasteiger partial charge in [-0.3, -0.25) is 9.59 Å². The first-order chi connectivity index (χ1) is 12.1. The van der Waals surface area contributed by atoms with E-state index in [1.54, 1.807) is 25.1 Å². The zero-order valence-electron chi connectivity index (χ0n) is 14.2. The number of ketones is 1. The maximum absolute atomic E-state index is 12.4. The molecule has 0 saturated carbocycles. The Bertz CT molecular complexity index is 895. The molecule has 2 aromatic carbocycles. The Morgan fingerprint density at radius 1 is 1.12 bits per heavy atom. The van der Waals surface area contributed by atoms with Crippen LogP contribution in [0.25, 0.3) is 11.0 Å². The zero-order valence-corrected chi connectivity index (χ0v) is 14.2. The summed E-state index contributed by atoms with van der Waals surface area (Å²) in [6.07, 6.45) is 0.0202. The van der Waals surface area contributed by atoms with E-state index in [0.29, 0.717) is 16.8 Å². The molecular formula is C20H19NO4. The molecule has 0 amide bonds. The third-order valence-electron chi connectivity index (χ3n) is 4.09. The molecule has 0 spiro atoms. The van der Waals surface area contributed by atoms with Gasteiger partial charge in [0.2, 0.25) is 5.78 Å². The number of rotatable bonds is 6. The fourth-order valence-electron chi connectivity index (χ4n) is 2.63. The van der Waals surface area contributed by atoms with E-state index in [1.165, 1.54) is 0 Å². The van der Waals surface area contributed by atoms with Crippen LogP contribution in [0, 0.1) is 0 Å². The van der Waals surface area contributed by atoms with Gasteiger partial charge in [0.1, 0.15) is 5.69 Å². The number of aryl methyl sites for hydroxylation is 1. The van der Waals surface area contributed by atoms with Gasteiger partial charge in [0, 0.05) is 10.9 Å². The van der Waals surface area contributed by atoms with Crippen LogP contribution in [0.4, 0.5) is 0 Å². The van der Waals surface area contributed by atoms with Crippen LogP contribution >= 0.6 is 0 Å². The summed E-state index contributed by atoms with van der Waals surface area (Å²) in [7, 11) is 0. The highest BCUT2D eigenvalue weighted by atomic mass is 16.5. The molecule has 128 valence electrons. The second-order valence-electron chi connectivity index (χ2n) is 5.85. The van der Waals surface area contributed by atoms with Crippen molar-refractivity contribution in [2.75, 3.05) is 0 Å². The van der Waals surface area contributed by atoms with E-state index >= 15 is 0 Å². The van der Waals surface area contributed by atoms with E-state index in [-0.39, 0.29) is 12.2 Å². The normalized spacial score (nSPS) is 12.1. The molecule has 0 radical (unpaired) electrons. The number of fused-ring (bicyclic) bond motifs is 1. The van der Waals surface area contributed by atoms with Crippen molar-refractivity contribution in [2.24, 2.45) is 0 Å². The molecule has 1 atom stereocenters. The van der Waals surface area contributed by atoms with Gasteiger partial charge in [0.25, 0.3) is 0 Å². The van der Waals surface area contributed by atoms with Crippen LogP contribution in [0.2, 0.25) is 0 Å². The lowest BCUT2D eigenvalue weighted by molar-refractivity contribution is -0.145. The van der Waals surface area contributed by atoms with Crippen molar-refractivity contribution in [3.05, 3.63) is 65.4 Å². The number of nitrogens with zero attached hydrogens (tertiary/aromatic N) is 1.